The van der Waals surface area contributed by atoms with Gasteiger partial charge < -0.3 is 5.11 Å². The van der Waals surface area contributed by atoms with Gasteiger partial charge in [-0.05, 0) is 74.2 Å². The molecule has 2 nitrogen and oxygen atoms in total. The van der Waals surface area contributed by atoms with Gasteiger partial charge in [-0.1, -0.05) is 25.3 Å². The van der Waals surface area contributed by atoms with Crippen LogP contribution in [0.15, 0.2) is 11.6 Å². The molecule has 0 bridgehead atoms. The molecule has 0 aromatic heterocycles. The Bertz CT molecular complexity index is 612. The third-order valence-corrected chi connectivity index (χ3v) is 8.03. The average molecular weight is 312 g/mol. The van der Waals surface area contributed by atoms with Crippen LogP contribution in [-0.4, -0.2) is 16.5 Å². The van der Waals surface area contributed by atoms with Crippen molar-refractivity contribution in [2.45, 2.75) is 64.4 Å². The molecule has 1 N–H and O–H groups in total. The molecule has 3 saturated carbocycles. The summed E-state index contributed by atoms with van der Waals surface area (Å²) in [5, 5.41) is 11.0. The Morgan fingerprint density at radius 2 is 2.09 bits per heavy atom. The van der Waals surface area contributed by atoms with Crippen LogP contribution in [-0.2, 0) is 4.79 Å². The number of carbonyl (C=O) groups is 1. The number of hydrogen-bond acceptors (Lipinski definition) is 2. The lowest BCUT2D eigenvalue weighted by molar-refractivity contribution is -0.117. The minimum Gasteiger partial charge on any atom is -0.377 e. The molecule has 3 fully saturated rings. The highest BCUT2D eigenvalue weighted by atomic mass is 16.3. The van der Waals surface area contributed by atoms with Crippen molar-refractivity contribution in [1.29, 1.82) is 0 Å². The first-order valence-corrected chi connectivity index (χ1v) is 9.33. The molecule has 0 unspecified atom stereocenters. The van der Waals surface area contributed by atoms with Crippen molar-refractivity contribution in [3.8, 4) is 12.3 Å². The predicted molar refractivity (Wildman–Crippen MR) is 90.4 cm³/mol. The van der Waals surface area contributed by atoms with E-state index in [9.17, 15) is 9.90 Å². The summed E-state index contributed by atoms with van der Waals surface area (Å²) in [5.74, 6) is 6.17. The fourth-order valence-electron chi connectivity index (χ4n) is 6.84. The Balaban J connectivity index is 1.70. The van der Waals surface area contributed by atoms with E-state index >= 15 is 0 Å². The fraction of sp³-hybridized carbons (Fsp3) is 0.762. The number of allylic oxidation sites excluding steroid dienone is 1. The van der Waals surface area contributed by atoms with E-state index in [1.54, 1.807) is 0 Å². The highest BCUT2D eigenvalue weighted by Crippen LogP contribution is 2.65. The van der Waals surface area contributed by atoms with E-state index in [4.69, 9.17) is 6.42 Å². The molecule has 2 heteroatoms. The van der Waals surface area contributed by atoms with Crippen LogP contribution in [0.3, 0.4) is 0 Å². The van der Waals surface area contributed by atoms with E-state index in [-0.39, 0.29) is 5.41 Å². The van der Waals surface area contributed by atoms with Crippen LogP contribution >= 0.6 is 0 Å². The second-order valence-corrected chi connectivity index (χ2v) is 8.86. The predicted octanol–water partition coefficient (Wildman–Crippen LogP) is 3.74. The van der Waals surface area contributed by atoms with Gasteiger partial charge in [-0.15, -0.1) is 6.42 Å². The van der Waals surface area contributed by atoms with Gasteiger partial charge in [0.05, 0.1) is 0 Å². The lowest BCUT2D eigenvalue weighted by Crippen LogP contribution is -2.53. The molecule has 0 heterocycles. The summed E-state index contributed by atoms with van der Waals surface area (Å²) >= 11 is 0. The number of fused-ring (bicyclic) bond motifs is 5. The van der Waals surface area contributed by atoms with Gasteiger partial charge >= 0.3 is 0 Å². The van der Waals surface area contributed by atoms with Crippen molar-refractivity contribution < 1.29 is 9.90 Å². The molecule has 4 aliphatic carbocycles. The molecule has 0 amide bonds. The lowest BCUT2D eigenvalue weighted by Gasteiger charge is -2.56. The first-order valence-electron chi connectivity index (χ1n) is 9.33. The monoisotopic (exact) mass is 312 g/mol. The average Bonchev–Trinajstić information content (AvgIpc) is 2.79. The minimum atomic E-state index is -0.916. The summed E-state index contributed by atoms with van der Waals surface area (Å²) in [7, 11) is 0. The first-order chi connectivity index (χ1) is 10.9. The van der Waals surface area contributed by atoms with Crippen molar-refractivity contribution in [2.24, 2.45) is 35.0 Å². The maximum Gasteiger partial charge on any atom is 0.155 e. The molecule has 4 aliphatic rings. The van der Waals surface area contributed by atoms with E-state index in [1.807, 2.05) is 6.08 Å². The zero-order valence-corrected chi connectivity index (χ0v) is 14.3. The molecule has 124 valence electrons. The summed E-state index contributed by atoms with van der Waals surface area (Å²) in [6.45, 7) is 4.59. The normalized spacial score (nSPS) is 52.0. The van der Waals surface area contributed by atoms with E-state index in [2.05, 4.69) is 19.8 Å². The number of carbonyl (C=O) groups excluding carboxylic acids is 1. The van der Waals surface area contributed by atoms with Gasteiger partial charge in [-0.25, -0.2) is 0 Å². The zero-order chi connectivity index (χ0) is 16.4. The smallest absolute Gasteiger partial charge is 0.155 e. The zero-order valence-electron chi connectivity index (χ0n) is 14.3. The molecule has 0 radical (unpaired) electrons. The quantitative estimate of drug-likeness (QED) is 0.692. The second kappa shape index (κ2) is 4.96. The summed E-state index contributed by atoms with van der Waals surface area (Å²) in [6, 6.07) is 0. The van der Waals surface area contributed by atoms with Gasteiger partial charge in [-0.3, -0.25) is 4.79 Å². The second-order valence-electron chi connectivity index (χ2n) is 8.86. The van der Waals surface area contributed by atoms with E-state index in [0.29, 0.717) is 35.4 Å². The van der Waals surface area contributed by atoms with Gasteiger partial charge in [0.15, 0.2) is 5.78 Å². The summed E-state index contributed by atoms with van der Waals surface area (Å²) in [5.41, 5.74) is 0.382. The van der Waals surface area contributed by atoms with Gasteiger partial charge in [-0.2, -0.15) is 0 Å². The Kier molecular flexibility index (Phi) is 3.34. The number of aliphatic hydroxyl groups is 1. The molecular formula is C21H28O2. The number of ketones is 1. The van der Waals surface area contributed by atoms with E-state index in [0.717, 1.165) is 44.9 Å². The molecule has 0 saturated heterocycles. The third kappa shape index (κ3) is 1.96. The van der Waals surface area contributed by atoms with Gasteiger partial charge in [0.25, 0.3) is 0 Å². The van der Waals surface area contributed by atoms with Crippen molar-refractivity contribution in [2.75, 3.05) is 0 Å². The van der Waals surface area contributed by atoms with E-state index in [1.165, 1.54) is 5.57 Å². The van der Waals surface area contributed by atoms with Crippen LogP contribution in [0.1, 0.15) is 58.8 Å². The summed E-state index contributed by atoms with van der Waals surface area (Å²) in [6.07, 6.45) is 14.5. The molecule has 7 atom stereocenters. The van der Waals surface area contributed by atoms with Gasteiger partial charge in [0, 0.05) is 11.8 Å². The molecule has 4 rings (SSSR count). The van der Waals surface area contributed by atoms with Crippen LogP contribution in [0.25, 0.3) is 0 Å². The minimum absolute atomic E-state index is 0.122. The molecule has 0 aliphatic heterocycles. The SMILES string of the molecule is C#C[C@@]1(O)CC[C@@H]2[C@H]3[C@@H](CC[C@@]21C)[C@H]1CCC(=O)C=C1C[C@@H]3C. The summed E-state index contributed by atoms with van der Waals surface area (Å²) < 4.78 is 0. The fourth-order valence-corrected chi connectivity index (χ4v) is 6.84. The number of terminal acetylenes is 1. The largest absolute Gasteiger partial charge is 0.377 e. The molecule has 0 aromatic rings. The van der Waals surface area contributed by atoms with Crippen molar-refractivity contribution in [3.63, 3.8) is 0 Å². The third-order valence-electron chi connectivity index (χ3n) is 8.03. The van der Waals surface area contributed by atoms with Crippen molar-refractivity contribution >= 4 is 5.78 Å². The molecular weight excluding hydrogens is 284 g/mol. The highest BCUT2D eigenvalue weighted by Gasteiger charge is 2.62. The number of rotatable bonds is 0. The Morgan fingerprint density at radius 1 is 1.30 bits per heavy atom. The Morgan fingerprint density at radius 3 is 2.83 bits per heavy atom. The maximum atomic E-state index is 11.8. The van der Waals surface area contributed by atoms with Crippen LogP contribution < -0.4 is 0 Å². The number of hydrogen-bond donors (Lipinski definition) is 1. The molecule has 0 spiro atoms. The first kappa shape index (κ1) is 15.5. The van der Waals surface area contributed by atoms with Crippen LogP contribution in [0.2, 0.25) is 0 Å². The molecule has 0 aromatic carbocycles. The van der Waals surface area contributed by atoms with Crippen LogP contribution in [0.4, 0.5) is 0 Å². The standard InChI is InChI=1S/C21H28O2/c1-4-21(23)10-8-18-19-13(2)11-14-12-15(22)5-6-16(14)17(19)7-9-20(18,21)3/h1,12-13,16-19,23H,5-11H2,2-3H3/t13-,16-,17-,18+,19+,20-,21+/m0/s1. The molecule has 23 heavy (non-hydrogen) atoms. The Hall–Kier alpha value is -1.07. The maximum absolute atomic E-state index is 11.8. The van der Waals surface area contributed by atoms with Crippen LogP contribution in [0, 0.1) is 47.3 Å². The topological polar surface area (TPSA) is 37.3 Å². The highest BCUT2D eigenvalue weighted by molar-refractivity contribution is 5.91. The lowest BCUT2D eigenvalue weighted by atomic mass is 9.48. The van der Waals surface area contributed by atoms with Crippen molar-refractivity contribution in [3.05, 3.63) is 11.6 Å². The van der Waals surface area contributed by atoms with Crippen molar-refractivity contribution in [1.82, 2.24) is 0 Å². The van der Waals surface area contributed by atoms with Crippen LogP contribution in [0.5, 0.6) is 0 Å². The van der Waals surface area contributed by atoms with Gasteiger partial charge in [0.2, 0.25) is 0 Å². The summed E-state index contributed by atoms with van der Waals surface area (Å²) in [4.78, 5) is 11.8. The Labute approximate surface area is 139 Å². The van der Waals surface area contributed by atoms with E-state index < -0.39 is 5.60 Å². The van der Waals surface area contributed by atoms with Gasteiger partial charge in [0.1, 0.15) is 5.60 Å².